The van der Waals surface area contributed by atoms with Crippen molar-refractivity contribution in [3.8, 4) is 34.8 Å². The SMILES string of the molecule is CCCCC[C@@H]1C(=O)C[C@H](c2cc(OC)c(O)cc2CO)[C@H](Cc2ccccc2)C#C[C@@H]2CN[C@@]34CC[C@@]56C=C[C@H]7CCC[C@]7(C5)[C@@H]5C[C@H]6[C@]3(c3cc(O)c(O)cc35)[C@@H]2[C@]1(O)CC4. The Kier molecular flexibility index (Phi) is 9.78. The molecule has 3 aromatic carbocycles. The number of aliphatic hydroxyl groups is 2. The van der Waals surface area contributed by atoms with Crippen LogP contribution < -0.4 is 10.1 Å². The van der Waals surface area contributed by atoms with Gasteiger partial charge in [0.25, 0.3) is 0 Å². The van der Waals surface area contributed by atoms with Crippen molar-refractivity contribution in [2.24, 2.45) is 46.3 Å². The monoisotopic (exact) mass is 851 g/mol. The second kappa shape index (κ2) is 14.9. The van der Waals surface area contributed by atoms with E-state index in [0.717, 1.165) is 67.2 Å². The lowest BCUT2D eigenvalue weighted by atomic mass is 9.27. The number of phenolic OH excluding ortho intramolecular Hbond substituents is 3. The normalized spacial score (nSPS) is 40.2. The highest BCUT2D eigenvalue weighted by atomic mass is 16.5. The van der Waals surface area contributed by atoms with Crippen LogP contribution in [0, 0.1) is 58.2 Å². The van der Waals surface area contributed by atoms with Gasteiger partial charge in [-0.3, -0.25) is 4.79 Å². The number of ether oxygens (including phenoxy) is 1. The predicted octanol–water partition coefficient (Wildman–Crippen LogP) is 9.10. The Hall–Kier alpha value is -4.29. The van der Waals surface area contributed by atoms with Crippen molar-refractivity contribution < 1.29 is 35.1 Å². The van der Waals surface area contributed by atoms with Crippen LogP contribution in [0.3, 0.4) is 0 Å². The summed E-state index contributed by atoms with van der Waals surface area (Å²) in [7, 11) is 1.51. The van der Waals surface area contributed by atoms with Crippen LogP contribution in [0.2, 0.25) is 0 Å². The number of fused-ring (bicyclic) bond motifs is 3. The average molecular weight is 852 g/mol. The van der Waals surface area contributed by atoms with Crippen LogP contribution in [0.4, 0.5) is 0 Å². The van der Waals surface area contributed by atoms with Crippen molar-refractivity contribution in [2.45, 2.75) is 138 Å². The largest absolute Gasteiger partial charge is 0.504 e. The third-order valence-corrected chi connectivity index (χ3v) is 19.2. The van der Waals surface area contributed by atoms with E-state index in [1.807, 2.05) is 30.3 Å². The van der Waals surface area contributed by atoms with Crippen LogP contribution in [0.1, 0.15) is 136 Å². The number of hydrogen-bond acceptors (Lipinski definition) is 8. The molecular weight excluding hydrogens is 787 g/mol. The summed E-state index contributed by atoms with van der Waals surface area (Å²) in [5.41, 5.74) is 2.15. The van der Waals surface area contributed by atoms with Crippen molar-refractivity contribution >= 4 is 5.78 Å². The summed E-state index contributed by atoms with van der Waals surface area (Å²) >= 11 is 0. The molecule has 63 heavy (non-hydrogen) atoms. The van der Waals surface area contributed by atoms with Gasteiger partial charge in [-0.05, 0) is 145 Å². The van der Waals surface area contributed by atoms with E-state index in [9.17, 15) is 25.5 Å². The van der Waals surface area contributed by atoms with E-state index in [1.54, 1.807) is 12.1 Å². The third-order valence-electron chi connectivity index (χ3n) is 19.2. The fourth-order valence-electron chi connectivity index (χ4n) is 16.9. The number of aromatic hydroxyl groups is 3. The molecule has 332 valence electrons. The Bertz CT molecular complexity index is 2420. The van der Waals surface area contributed by atoms with E-state index < -0.39 is 34.3 Å². The third kappa shape index (κ3) is 5.67. The van der Waals surface area contributed by atoms with Gasteiger partial charge < -0.3 is 35.6 Å². The maximum Gasteiger partial charge on any atom is 0.160 e. The van der Waals surface area contributed by atoms with E-state index in [2.05, 4.69) is 48.4 Å². The first-order valence-corrected chi connectivity index (χ1v) is 24.3. The molecule has 0 unspecified atom stereocenters. The van der Waals surface area contributed by atoms with Gasteiger partial charge in [-0.1, -0.05) is 86.9 Å². The number of carbonyl (C=O) groups excluding carboxylic acids is 1. The highest BCUT2D eigenvalue weighted by molar-refractivity contribution is 5.84. The van der Waals surface area contributed by atoms with Crippen LogP contribution >= 0.6 is 0 Å². The minimum atomic E-state index is -1.40. The number of ketones is 1. The zero-order valence-electron chi connectivity index (χ0n) is 37.0. The van der Waals surface area contributed by atoms with Gasteiger partial charge >= 0.3 is 0 Å². The Morgan fingerprint density at radius 3 is 2.52 bits per heavy atom. The number of methoxy groups -OCH3 is 1. The highest BCUT2D eigenvalue weighted by Crippen LogP contribution is 2.81. The zero-order valence-corrected chi connectivity index (χ0v) is 37.0. The van der Waals surface area contributed by atoms with Crippen molar-refractivity contribution in [3.63, 3.8) is 0 Å². The Morgan fingerprint density at radius 1 is 0.921 bits per heavy atom. The molecular formula is C55H65NO7. The second-order valence-electron chi connectivity index (χ2n) is 21.5. The molecule has 6 N–H and O–H groups in total. The van der Waals surface area contributed by atoms with Gasteiger partial charge in [0.15, 0.2) is 23.0 Å². The number of phenols is 3. The number of aliphatic hydroxyl groups excluding tert-OH is 1. The van der Waals surface area contributed by atoms with E-state index >= 15 is 4.79 Å². The number of Topliss-reactive ketones (excluding diaryl/α,β-unsaturated/α-hetero) is 1. The number of nitrogens with one attached hydrogen (secondary N) is 1. The molecule has 0 radical (unpaired) electrons. The highest BCUT2D eigenvalue weighted by Gasteiger charge is 2.80. The summed E-state index contributed by atoms with van der Waals surface area (Å²) in [5, 5.41) is 63.5. The van der Waals surface area contributed by atoms with Gasteiger partial charge in [-0.15, -0.1) is 0 Å². The molecule has 7 aliphatic carbocycles. The second-order valence-corrected chi connectivity index (χ2v) is 21.5. The summed E-state index contributed by atoms with van der Waals surface area (Å²) in [6.07, 6.45) is 18.0. The van der Waals surface area contributed by atoms with E-state index in [-0.39, 0.29) is 76.3 Å². The first-order valence-electron chi connectivity index (χ1n) is 24.3. The van der Waals surface area contributed by atoms with Crippen molar-refractivity contribution in [2.75, 3.05) is 13.7 Å². The minimum Gasteiger partial charge on any atom is -0.504 e. The molecule has 1 saturated heterocycles. The van der Waals surface area contributed by atoms with Gasteiger partial charge in [-0.25, -0.2) is 0 Å². The van der Waals surface area contributed by atoms with E-state index in [0.29, 0.717) is 43.7 Å². The van der Waals surface area contributed by atoms with Gasteiger partial charge in [-0.2, -0.15) is 0 Å². The predicted molar refractivity (Wildman–Crippen MR) is 241 cm³/mol. The minimum absolute atomic E-state index is 0.0272. The molecule has 0 amide bonds. The molecule has 13 atom stereocenters. The standard InChI is InChI=1S/C55H65NO7/c1-3-4-6-13-41-44(58)25-38(39-27-48(63-2)47(61)24-36(39)31-57)34(23-33-10-7-5-8-11-33)14-15-35-30-56-53-20-19-51-18-16-37-12-9-17-52(37,32-51)42-29-49(51)55(53,50(35)54(41,62)22-21-53)43-28-46(60)45(59)26-40(42)43/h5,7-8,10-11,16,18,24,26-28,34-35,37-38,41-42,49-50,56-57,59-62H,3-4,6,9,12-13,17,19-23,25,29-32H2,1-2H3/t34-,35+,37+,38-,41+,42+,49+,50-,51-,52+,53+,54-,55+/m0/s1. The lowest BCUT2D eigenvalue weighted by molar-refractivity contribution is -0.243. The number of hydrogen-bond donors (Lipinski definition) is 6. The summed E-state index contributed by atoms with van der Waals surface area (Å²) < 4.78 is 5.65. The maximum atomic E-state index is 15.9. The molecule has 0 aromatic heterocycles. The smallest absolute Gasteiger partial charge is 0.160 e. The van der Waals surface area contributed by atoms with Crippen molar-refractivity contribution in [1.82, 2.24) is 5.32 Å². The number of rotatable bonds is 9. The van der Waals surface area contributed by atoms with E-state index in [1.165, 1.54) is 26.4 Å². The molecule has 3 spiro atoms. The van der Waals surface area contributed by atoms with Crippen molar-refractivity contribution in [3.05, 3.63) is 94.6 Å². The van der Waals surface area contributed by atoms with E-state index in [4.69, 9.17) is 4.74 Å². The topological polar surface area (TPSA) is 139 Å². The summed E-state index contributed by atoms with van der Waals surface area (Å²) in [6.45, 7) is 2.43. The average Bonchev–Trinajstić information content (AvgIpc) is 3.70. The quantitative estimate of drug-likeness (QED) is 0.0543. The molecule has 8 heteroatoms. The fourth-order valence-corrected chi connectivity index (χ4v) is 16.9. The molecule has 3 aromatic rings. The summed E-state index contributed by atoms with van der Waals surface area (Å²) in [6, 6.07) is 17.4. The molecule has 8 aliphatic rings. The number of carbonyl (C=O) groups is 1. The molecule has 4 saturated carbocycles. The van der Waals surface area contributed by atoms with Crippen LogP contribution in [-0.2, 0) is 23.2 Å². The Balaban J connectivity index is 1.17. The van der Waals surface area contributed by atoms with Gasteiger partial charge in [0.2, 0.25) is 0 Å². The summed E-state index contributed by atoms with van der Waals surface area (Å²) in [5.74, 6) is 6.51. The van der Waals surface area contributed by atoms with Crippen LogP contribution in [0.15, 0.2) is 66.7 Å². The molecule has 1 aliphatic heterocycles. The number of piperidine rings is 1. The molecule has 6 bridgehead atoms. The van der Waals surface area contributed by atoms with Crippen molar-refractivity contribution in [1.29, 1.82) is 0 Å². The Morgan fingerprint density at radius 2 is 1.73 bits per heavy atom. The molecule has 5 fully saturated rings. The Labute approximate surface area is 372 Å². The number of allylic oxidation sites excluding steroid dienone is 2. The first kappa shape index (κ1) is 41.4. The zero-order chi connectivity index (χ0) is 43.5. The van der Waals surface area contributed by atoms with Crippen LogP contribution in [0.25, 0.3) is 0 Å². The van der Waals surface area contributed by atoms with Crippen LogP contribution in [-0.4, -0.2) is 56.1 Å². The van der Waals surface area contributed by atoms with Gasteiger partial charge in [0.1, 0.15) is 5.78 Å². The first-order chi connectivity index (χ1) is 30.5. The van der Waals surface area contributed by atoms with Gasteiger partial charge in [0, 0.05) is 53.5 Å². The molecule has 11 rings (SSSR count). The lowest BCUT2D eigenvalue weighted by Crippen LogP contribution is -2.84. The molecule has 8 nitrogen and oxygen atoms in total. The van der Waals surface area contributed by atoms with Crippen LogP contribution in [0.5, 0.6) is 23.0 Å². The molecule has 1 heterocycles. The maximum absolute atomic E-state index is 15.9. The fraction of sp³-hybridized carbons (Fsp3) is 0.582. The van der Waals surface area contributed by atoms with Gasteiger partial charge in [0.05, 0.1) is 19.3 Å². The number of unbranched alkanes of at least 4 members (excludes halogenated alkanes) is 2. The number of benzene rings is 3. The lowest BCUT2D eigenvalue weighted by Gasteiger charge is -2.79. The summed E-state index contributed by atoms with van der Waals surface area (Å²) in [4.78, 5) is 15.9.